The van der Waals surface area contributed by atoms with Gasteiger partial charge in [0.1, 0.15) is 0 Å². The van der Waals surface area contributed by atoms with Gasteiger partial charge in [-0.3, -0.25) is 14.2 Å². The van der Waals surface area contributed by atoms with Gasteiger partial charge in [-0.05, 0) is 43.2 Å². The maximum Gasteiger partial charge on any atom is 0.253 e. The number of anilines is 1. The molecular formula is C17H22N4O3S. The Balaban J connectivity index is 1.72. The first-order chi connectivity index (χ1) is 11.9. The van der Waals surface area contributed by atoms with Gasteiger partial charge in [-0.15, -0.1) is 0 Å². The molecule has 1 fully saturated rings. The van der Waals surface area contributed by atoms with E-state index in [1.807, 2.05) is 11.0 Å². The van der Waals surface area contributed by atoms with Crippen molar-refractivity contribution >= 4 is 21.6 Å². The van der Waals surface area contributed by atoms with Gasteiger partial charge < -0.3 is 4.90 Å². The Hall–Kier alpha value is -2.35. The Morgan fingerprint density at radius 1 is 1.28 bits per heavy atom. The molecule has 2 heterocycles. The van der Waals surface area contributed by atoms with Gasteiger partial charge in [0.15, 0.2) is 0 Å². The molecule has 1 N–H and O–H groups in total. The number of hydrogen-bond acceptors (Lipinski definition) is 4. The zero-order valence-corrected chi connectivity index (χ0v) is 15.2. The minimum Gasteiger partial charge on any atom is -0.338 e. The summed E-state index contributed by atoms with van der Waals surface area (Å²) in [4.78, 5) is 14.6. The van der Waals surface area contributed by atoms with E-state index >= 15 is 0 Å². The third kappa shape index (κ3) is 3.84. The average Bonchev–Trinajstić information content (AvgIpc) is 3.15. The van der Waals surface area contributed by atoms with Crippen molar-refractivity contribution in [3.05, 3.63) is 47.8 Å². The van der Waals surface area contributed by atoms with Gasteiger partial charge in [0.2, 0.25) is 10.0 Å². The van der Waals surface area contributed by atoms with Gasteiger partial charge in [-0.1, -0.05) is 0 Å². The molecule has 134 valence electrons. The summed E-state index contributed by atoms with van der Waals surface area (Å²) in [6.45, 7) is 1.39. The van der Waals surface area contributed by atoms with E-state index in [9.17, 15) is 13.2 Å². The molecule has 3 rings (SSSR count). The summed E-state index contributed by atoms with van der Waals surface area (Å²) < 4.78 is 24.4. The first-order valence-corrected chi connectivity index (χ1v) is 10.0. The van der Waals surface area contributed by atoms with Crippen LogP contribution < -0.4 is 4.31 Å². The zero-order chi connectivity index (χ0) is 18.0. The molecule has 1 amide bonds. The lowest BCUT2D eigenvalue weighted by atomic mass is 9.94. The van der Waals surface area contributed by atoms with Crippen LogP contribution in [0.2, 0.25) is 0 Å². The van der Waals surface area contributed by atoms with E-state index in [2.05, 4.69) is 10.2 Å². The summed E-state index contributed by atoms with van der Waals surface area (Å²) in [5.74, 6) is 0.244. The molecule has 25 heavy (non-hydrogen) atoms. The lowest BCUT2D eigenvalue weighted by Crippen LogP contribution is -2.39. The van der Waals surface area contributed by atoms with E-state index in [0.717, 1.165) is 31.3 Å². The molecule has 7 nitrogen and oxygen atoms in total. The maximum atomic E-state index is 12.8. The second-order valence-corrected chi connectivity index (χ2v) is 8.39. The van der Waals surface area contributed by atoms with Crippen LogP contribution >= 0.6 is 0 Å². The largest absolute Gasteiger partial charge is 0.338 e. The summed E-state index contributed by atoms with van der Waals surface area (Å²) in [5.41, 5.74) is 2.16. The molecule has 1 aliphatic heterocycles. The van der Waals surface area contributed by atoms with Crippen molar-refractivity contribution in [1.82, 2.24) is 15.1 Å². The highest BCUT2D eigenvalue weighted by atomic mass is 32.2. The lowest BCUT2D eigenvalue weighted by molar-refractivity contribution is 0.0706. The standard InChI is InChI=1S/C17H22N4O3S/c1-20(25(2,23)24)15-7-5-13(6-8-15)17(22)21-11-3-4-14(12-21)16-9-10-18-19-16/h5-10,14H,3-4,11-12H2,1-2H3,(H,18,19). The average molecular weight is 362 g/mol. The van der Waals surface area contributed by atoms with Crippen molar-refractivity contribution in [2.45, 2.75) is 18.8 Å². The van der Waals surface area contributed by atoms with Gasteiger partial charge in [0.25, 0.3) is 5.91 Å². The van der Waals surface area contributed by atoms with Crippen LogP contribution in [0.1, 0.15) is 34.8 Å². The van der Waals surface area contributed by atoms with Crippen LogP contribution in [0.3, 0.4) is 0 Å². The van der Waals surface area contributed by atoms with E-state index in [-0.39, 0.29) is 11.8 Å². The highest BCUT2D eigenvalue weighted by Crippen LogP contribution is 2.26. The molecule has 1 unspecified atom stereocenters. The highest BCUT2D eigenvalue weighted by Gasteiger charge is 2.26. The summed E-state index contributed by atoms with van der Waals surface area (Å²) in [6.07, 6.45) is 4.86. The Bertz CT molecular complexity index is 831. The van der Waals surface area contributed by atoms with Gasteiger partial charge >= 0.3 is 0 Å². The number of nitrogens with zero attached hydrogens (tertiary/aromatic N) is 3. The van der Waals surface area contributed by atoms with Crippen molar-refractivity contribution < 1.29 is 13.2 Å². The summed E-state index contributed by atoms with van der Waals surface area (Å²) in [5, 5.41) is 6.98. The predicted octanol–water partition coefficient (Wildman–Crippen LogP) is 1.83. The quantitative estimate of drug-likeness (QED) is 0.899. The number of hydrogen-bond donors (Lipinski definition) is 1. The molecule has 0 aliphatic carbocycles. The summed E-state index contributed by atoms with van der Waals surface area (Å²) >= 11 is 0. The Labute approximate surface area is 147 Å². The summed E-state index contributed by atoms with van der Waals surface area (Å²) in [6, 6.07) is 8.63. The fourth-order valence-corrected chi connectivity index (χ4v) is 3.60. The number of sulfonamides is 1. The second-order valence-electron chi connectivity index (χ2n) is 6.38. The van der Waals surface area contributed by atoms with E-state index in [1.54, 1.807) is 30.5 Å². The molecule has 1 aliphatic rings. The van der Waals surface area contributed by atoms with Crippen LogP contribution in [-0.2, 0) is 10.0 Å². The number of aromatic amines is 1. The molecule has 1 aromatic heterocycles. The SMILES string of the molecule is CN(c1ccc(C(=O)N2CCCC(c3ccn[nH]3)C2)cc1)S(C)(=O)=O. The van der Waals surface area contributed by atoms with E-state index < -0.39 is 10.0 Å². The van der Waals surface area contributed by atoms with E-state index in [4.69, 9.17) is 0 Å². The third-order valence-electron chi connectivity index (χ3n) is 4.65. The van der Waals surface area contributed by atoms with Crippen molar-refractivity contribution in [2.75, 3.05) is 30.7 Å². The molecule has 8 heteroatoms. The van der Waals surface area contributed by atoms with Crippen LogP contribution in [0.4, 0.5) is 5.69 Å². The van der Waals surface area contributed by atoms with Crippen LogP contribution in [-0.4, -0.2) is 55.8 Å². The van der Waals surface area contributed by atoms with Crippen LogP contribution in [0.5, 0.6) is 0 Å². The van der Waals surface area contributed by atoms with Gasteiger partial charge in [0.05, 0.1) is 11.9 Å². The smallest absolute Gasteiger partial charge is 0.253 e. The fourth-order valence-electron chi connectivity index (χ4n) is 3.10. The van der Waals surface area contributed by atoms with Crippen LogP contribution in [0.15, 0.2) is 36.5 Å². The number of likely N-dealkylation sites (tertiary alicyclic amines) is 1. The van der Waals surface area contributed by atoms with Crippen LogP contribution in [0, 0.1) is 0 Å². The topological polar surface area (TPSA) is 86.4 Å². The van der Waals surface area contributed by atoms with Gasteiger partial charge in [0, 0.05) is 43.5 Å². The molecule has 0 bridgehead atoms. The minimum absolute atomic E-state index is 0.0298. The number of nitrogens with one attached hydrogen (secondary N) is 1. The van der Waals surface area contributed by atoms with Crippen molar-refractivity contribution in [1.29, 1.82) is 0 Å². The number of amides is 1. The molecule has 0 saturated carbocycles. The maximum absolute atomic E-state index is 12.8. The van der Waals surface area contributed by atoms with E-state index in [1.165, 1.54) is 11.4 Å². The highest BCUT2D eigenvalue weighted by molar-refractivity contribution is 7.92. The monoisotopic (exact) mass is 362 g/mol. The number of rotatable bonds is 4. The second kappa shape index (κ2) is 6.87. The molecule has 2 aromatic rings. The minimum atomic E-state index is -3.31. The van der Waals surface area contributed by atoms with Crippen LogP contribution in [0.25, 0.3) is 0 Å². The first-order valence-electron chi connectivity index (χ1n) is 8.19. The Morgan fingerprint density at radius 3 is 2.60 bits per heavy atom. The number of carbonyl (C=O) groups excluding carboxylic acids is 1. The number of carbonyl (C=O) groups is 1. The lowest BCUT2D eigenvalue weighted by Gasteiger charge is -2.32. The summed E-state index contributed by atoms with van der Waals surface area (Å²) in [7, 11) is -1.82. The predicted molar refractivity (Wildman–Crippen MR) is 96.2 cm³/mol. The van der Waals surface area contributed by atoms with Gasteiger partial charge in [-0.25, -0.2) is 8.42 Å². The number of piperidine rings is 1. The molecule has 0 radical (unpaired) electrons. The van der Waals surface area contributed by atoms with Crippen molar-refractivity contribution in [3.8, 4) is 0 Å². The molecule has 1 saturated heterocycles. The first kappa shape index (κ1) is 17.5. The van der Waals surface area contributed by atoms with E-state index in [0.29, 0.717) is 17.8 Å². The van der Waals surface area contributed by atoms with Crippen molar-refractivity contribution in [3.63, 3.8) is 0 Å². The zero-order valence-electron chi connectivity index (χ0n) is 14.3. The number of H-pyrrole nitrogens is 1. The molecular weight excluding hydrogens is 340 g/mol. The Kier molecular flexibility index (Phi) is 4.80. The van der Waals surface area contributed by atoms with Gasteiger partial charge in [-0.2, -0.15) is 5.10 Å². The third-order valence-corrected chi connectivity index (χ3v) is 5.85. The molecule has 0 spiro atoms. The molecule has 1 aromatic carbocycles. The fraction of sp³-hybridized carbons (Fsp3) is 0.412. The normalized spacial score (nSPS) is 18.2. The number of aromatic nitrogens is 2. The van der Waals surface area contributed by atoms with Crippen molar-refractivity contribution in [2.24, 2.45) is 0 Å². The number of benzene rings is 1. The molecule has 1 atom stereocenters. The Morgan fingerprint density at radius 2 is 2.00 bits per heavy atom.